The molecule has 2 fully saturated rings. The number of phenolic OH excluding ortho intramolecular Hbond substituents is 1. The molecule has 3 N–H and O–H groups in total. The molecule has 4 aromatic carbocycles. The first-order chi connectivity index (χ1) is 33.0. The van der Waals surface area contributed by atoms with Gasteiger partial charge in [0.05, 0.1) is 36.2 Å². The van der Waals surface area contributed by atoms with Crippen molar-refractivity contribution in [3.63, 3.8) is 0 Å². The number of phenols is 1. The van der Waals surface area contributed by atoms with Crippen molar-refractivity contribution in [3.05, 3.63) is 112 Å². The summed E-state index contributed by atoms with van der Waals surface area (Å²) in [6.07, 6.45) is 6.47. The van der Waals surface area contributed by atoms with Crippen molar-refractivity contribution in [2.24, 2.45) is 5.92 Å². The van der Waals surface area contributed by atoms with Crippen LogP contribution in [0.15, 0.2) is 84.9 Å². The average Bonchev–Trinajstić information content (AvgIpc) is 3.81. The number of rotatable bonds is 17. The van der Waals surface area contributed by atoms with Crippen LogP contribution in [0.25, 0.3) is 17.2 Å². The Labute approximate surface area is 412 Å². The number of carbonyl (C=O) groups is 4. The monoisotopic (exact) mass is 978 g/mol. The molecule has 2 saturated heterocycles. The van der Waals surface area contributed by atoms with Gasteiger partial charge in [0.1, 0.15) is 17.6 Å². The van der Waals surface area contributed by atoms with Gasteiger partial charge in [0.15, 0.2) is 14.1 Å². The zero-order chi connectivity index (χ0) is 49.3. The molecular formula is C54H67ClN4O9Si. The number of ether oxygens (including phenoxy) is 3. The number of nitrogens with zero attached hydrogens (tertiary/aromatic N) is 2. The van der Waals surface area contributed by atoms with Crippen molar-refractivity contribution in [2.45, 2.75) is 102 Å². The number of halogens is 1. The normalized spacial score (nSPS) is 17.0. The lowest BCUT2D eigenvalue weighted by Gasteiger charge is -2.40. The maximum Gasteiger partial charge on any atom is 0.411 e. The predicted octanol–water partition coefficient (Wildman–Crippen LogP) is 11.4. The largest absolute Gasteiger partial charge is 0.508 e. The minimum Gasteiger partial charge on any atom is -0.508 e. The number of anilines is 2. The third-order valence-electron chi connectivity index (χ3n) is 14.0. The number of carbonyl (C=O) groups excluding carboxylic acids is 4. The molecule has 2 atom stereocenters. The van der Waals surface area contributed by atoms with Crippen LogP contribution in [0.4, 0.5) is 21.0 Å². The fraction of sp³-hybridized carbons (Fsp3) is 0.444. The molecule has 0 aromatic heterocycles. The number of fused-ring (bicyclic) bond motifs is 1. The highest BCUT2D eigenvalue weighted by Crippen LogP contribution is 2.44. The number of allylic oxidation sites excluding steroid dienone is 1. The molecule has 0 unspecified atom stereocenters. The van der Waals surface area contributed by atoms with Crippen LogP contribution in [-0.4, -0.2) is 99.6 Å². The first kappa shape index (κ1) is 51.2. The van der Waals surface area contributed by atoms with Gasteiger partial charge in [-0.3, -0.25) is 20.2 Å². The molecule has 1 aliphatic carbocycles. The molecule has 0 radical (unpaired) electrons. The average molecular weight is 980 g/mol. The lowest BCUT2D eigenvalue weighted by molar-refractivity contribution is -0.130. The van der Waals surface area contributed by atoms with Crippen molar-refractivity contribution in [2.75, 3.05) is 57.1 Å². The second-order valence-corrected chi connectivity index (χ2v) is 25.1. The van der Waals surface area contributed by atoms with Crippen molar-refractivity contribution < 1.29 is 42.9 Å². The van der Waals surface area contributed by atoms with Crippen LogP contribution < -0.4 is 15.4 Å². The van der Waals surface area contributed by atoms with E-state index in [2.05, 4.69) is 49.4 Å². The number of hydrogen-bond donors (Lipinski definition) is 3. The van der Waals surface area contributed by atoms with Gasteiger partial charge in [0, 0.05) is 68.7 Å². The Balaban J connectivity index is 0.835. The third-order valence-corrected chi connectivity index (χ3v) is 18.8. The van der Waals surface area contributed by atoms with Crippen molar-refractivity contribution in [1.29, 1.82) is 0 Å². The first-order valence-electron chi connectivity index (χ1n) is 24.1. The van der Waals surface area contributed by atoms with Crippen molar-refractivity contribution >= 4 is 61.2 Å². The minimum atomic E-state index is -2.24. The summed E-state index contributed by atoms with van der Waals surface area (Å²) in [6, 6.07) is 24.6. The molecule has 2 heterocycles. The number of methoxy groups -OCH3 is 1. The van der Waals surface area contributed by atoms with E-state index in [1.807, 2.05) is 65.6 Å². The topological polar surface area (TPSA) is 156 Å². The summed E-state index contributed by atoms with van der Waals surface area (Å²) < 4.78 is 24.2. The maximum absolute atomic E-state index is 13.2. The Morgan fingerprint density at radius 2 is 1.62 bits per heavy atom. The van der Waals surface area contributed by atoms with E-state index >= 15 is 0 Å². The SMILES string of the molecule is COc1cc(NC(=O)OC[C@@H]2CCN(C(=O)CCN3CCC(OC(=O)Nc4ccccc4-c4ccccc4)CC3)C2)c(Cl)cc1CCC[C@H](O[Si](C)(C)C(C)(C)C)c1ccc(O)c2c1C=CC(=O)C2. The highest BCUT2D eigenvalue weighted by molar-refractivity contribution is 6.74. The van der Waals surface area contributed by atoms with Gasteiger partial charge in [0.2, 0.25) is 5.91 Å². The van der Waals surface area contributed by atoms with E-state index in [0.29, 0.717) is 79.4 Å². The zero-order valence-corrected chi connectivity index (χ0v) is 42.5. The van der Waals surface area contributed by atoms with E-state index < -0.39 is 20.5 Å². The molecule has 13 nitrogen and oxygen atoms in total. The Kier molecular flexibility index (Phi) is 16.9. The minimum absolute atomic E-state index is 0.0146. The molecule has 3 amide bonds. The highest BCUT2D eigenvalue weighted by atomic mass is 35.5. The van der Waals surface area contributed by atoms with Crippen LogP contribution in [0, 0.1) is 5.92 Å². The van der Waals surface area contributed by atoms with Gasteiger partial charge in [-0.15, -0.1) is 0 Å². The number of aromatic hydroxyl groups is 1. The third kappa shape index (κ3) is 13.4. The molecule has 69 heavy (non-hydrogen) atoms. The van der Waals surface area contributed by atoms with E-state index in [4.69, 9.17) is 30.2 Å². The van der Waals surface area contributed by atoms with Gasteiger partial charge < -0.3 is 33.5 Å². The first-order valence-corrected chi connectivity index (χ1v) is 27.4. The smallest absolute Gasteiger partial charge is 0.411 e. The number of nitrogens with one attached hydrogen (secondary N) is 2. The Morgan fingerprint density at radius 3 is 2.36 bits per heavy atom. The number of para-hydroxylation sites is 1. The number of likely N-dealkylation sites (tertiary alicyclic amines) is 2. The number of ketones is 1. The van der Waals surface area contributed by atoms with E-state index in [9.17, 15) is 24.3 Å². The maximum atomic E-state index is 13.2. The van der Waals surface area contributed by atoms with Gasteiger partial charge >= 0.3 is 12.2 Å². The summed E-state index contributed by atoms with van der Waals surface area (Å²) in [5.41, 5.74) is 6.31. The van der Waals surface area contributed by atoms with E-state index in [0.717, 1.165) is 53.7 Å². The number of hydrogen-bond acceptors (Lipinski definition) is 10. The summed E-state index contributed by atoms with van der Waals surface area (Å²) in [6.45, 7) is 14.4. The Bertz CT molecular complexity index is 2500. The molecule has 7 rings (SSSR count). The summed E-state index contributed by atoms with van der Waals surface area (Å²) >= 11 is 6.75. The second-order valence-electron chi connectivity index (χ2n) is 19.9. The quantitative estimate of drug-likeness (QED) is 0.0871. The van der Waals surface area contributed by atoms with Gasteiger partial charge in [-0.2, -0.15) is 0 Å². The van der Waals surface area contributed by atoms with Crippen LogP contribution in [-0.2, 0) is 36.3 Å². The van der Waals surface area contributed by atoms with Crippen LogP contribution in [0.2, 0.25) is 23.2 Å². The molecule has 2 aliphatic heterocycles. The molecular weight excluding hydrogens is 912 g/mol. The summed E-state index contributed by atoms with van der Waals surface area (Å²) in [4.78, 5) is 55.5. The Morgan fingerprint density at radius 1 is 0.899 bits per heavy atom. The molecule has 0 bridgehead atoms. The van der Waals surface area contributed by atoms with Gasteiger partial charge in [0.25, 0.3) is 0 Å². The summed E-state index contributed by atoms with van der Waals surface area (Å²) in [7, 11) is -0.660. The molecule has 3 aliphatic rings. The fourth-order valence-electron chi connectivity index (χ4n) is 9.06. The predicted molar refractivity (Wildman–Crippen MR) is 274 cm³/mol. The Hall–Kier alpha value is -5.67. The number of benzene rings is 4. The van der Waals surface area contributed by atoms with Gasteiger partial charge in [-0.05, 0) is 103 Å². The van der Waals surface area contributed by atoms with Crippen LogP contribution in [0.5, 0.6) is 11.5 Å². The van der Waals surface area contributed by atoms with Gasteiger partial charge in [-0.25, -0.2) is 9.59 Å². The fourth-order valence-corrected chi connectivity index (χ4v) is 10.6. The van der Waals surface area contributed by atoms with E-state index in [1.54, 1.807) is 37.5 Å². The molecule has 4 aromatic rings. The van der Waals surface area contributed by atoms with E-state index in [1.165, 1.54) is 0 Å². The molecule has 368 valence electrons. The van der Waals surface area contributed by atoms with Crippen LogP contribution in [0.3, 0.4) is 0 Å². The number of piperidine rings is 1. The lowest BCUT2D eigenvalue weighted by atomic mass is 9.88. The summed E-state index contributed by atoms with van der Waals surface area (Å²) in [5.74, 6) is 0.731. The molecule has 15 heteroatoms. The molecule has 0 spiro atoms. The zero-order valence-electron chi connectivity index (χ0n) is 40.8. The van der Waals surface area contributed by atoms with Crippen LogP contribution in [0.1, 0.15) is 87.7 Å². The van der Waals surface area contributed by atoms with Crippen molar-refractivity contribution in [3.8, 4) is 22.6 Å². The van der Waals surface area contributed by atoms with Crippen LogP contribution >= 0.6 is 11.6 Å². The van der Waals surface area contributed by atoms with Crippen molar-refractivity contribution in [1.82, 2.24) is 9.80 Å². The standard InChI is InChI=1S/C54H67ClN4O9Si/c1-54(2,3)69(5,6)68-49(43-21-22-48(61)44-32-39(60)19-20-42(43)44)18-12-15-38-31-45(55)47(33-50(38)65-4)57-52(63)66-35-36-23-30-59(34-36)51(62)26-29-58-27-24-40(25-28-58)67-53(64)56-46-17-11-10-16-41(46)37-13-8-7-9-14-37/h7-11,13-14,16-17,19-22,31,33,36,40,49,61H,12,15,18,23-30,32,34-35H2,1-6H3,(H,56,64)(H,57,63)/t36-,49+/m1/s1. The highest BCUT2D eigenvalue weighted by Gasteiger charge is 2.40. The lowest BCUT2D eigenvalue weighted by Crippen LogP contribution is -2.42. The second kappa shape index (κ2) is 22.8. The van der Waals surface area contributed by atoms with Gasteiger partial charge in [-0.1, -0.05) is 93.0 Å². The summed E-state index contributed by atoms with van der Waals surface area (Å²) in [5, 5.41) is 16.7. The van der Waals surface area contributed by atoms with E-state index in [-0.39, 0.29) is 53.6 Å². The number of amides is 3. The number of aryl methyl sites for hydroxylation is 1. The molecule has 0 saturated carbocycles.